The van der Waals surface area contributed by atoms with Gasteiger partial charge >= 0.3 is 0 Å². The zero-order valence-corrected chi connectivity index (χ0v) is 12.4. The molecule has 0 aliphatic carbocycles. The fraction of sp³-hybridized carbons (Fsp3) is 1.00. The van der Waals surface area contributed by atoms with E-state index in [9.17, 15) is 0 Å². The Morgan fingerprint density at radius 3 is 2.78 bits per heavy atom. The average molecular weight is 254 g/mol. The number of methoxy groups -OCH3 is 1. The van der Waals surface area contributed by atoms with Crippen molar-refractivity contribution in [3.05, 3.63) is 0 Å². The SMILES string of the molecule is CCCC(COC)N1CC2CCCN2CC1CC. The minimum Gasteiger partial charge on any atom is -0.383 e. The Hall–Kier alpha value is -0.120. The van der Waals surface area contributed by atoms with Crippen molar-refractivity contribution in [1.29, 1.82) is 0 Å². The molecule has 3 nitrogen and oxygen atoms in total. The Morgan fingerprint density at radius 2 is 2.11 bits per heavy atom. The molecule has 106 valence electrons. The number of nitrogens with zero attached hydrogens (tertiary/aromatic N) is 2. The molecular weight excluding hydrogens is 224 g/mol. The molecule has 2 fully saturated rings. The molecular formula is C15H30N2O. The minimum absolute atomic E-state index is 0.632. The molecule has 0 aromatic carbocycles. The highest BCUT2D eigenvalue weighted by atomic mass is 16.5. The number of hydrogen-bond acceptors (Lipinski definition) is 3. The fourth-order valence-electron chi connectivity index (χ4n) is 3.79. The molecule has 0 amide bonds. The molecule has 2 heterocycles. The lowest BCUT2D eigenvalue weighted by atomic mass is 10.00. The largest absolute Gasteiger partial charge is 0.383 e. The van der Waals surface area contributed by atoms with Crippen molar-refractivity contribution < 1.29 is 4.74 Å². The zero-order chi connectivity index (χ0) is 13.0. The van der Waals surface area contributed by atoms with Crippen LogP contribution in [0.3, 0.4) is 0 Å². The predicted molar refractivity (Wildman–Crippen MR) is 76.0 cm³/mol. The van der Waals surface area contributed by atoms with Crippen LogP contribution in [-0.2, 0) is 4.74 Å². The lowest BCUT2D eigenvalue weighted by Crippen LogP contribution is -2.59. The van der Waals surface area contributed by atoms with Crippen LogP contribution in [0, 0.1) is 0 Å². The van der Waals surface area contributed by atoms with Gasteiger partial charge in [0.1, 0.15) is 0 Å². The van der Waals surface area contributed by atoms with Gasteiger partial charge in [0, 0.05) is 38.3 Å². The second-order valence-corrected chi connectivity index (χ2v) is 5.95. The van der Waals surface area contributed by atoms with Gasteiger partial charge in [-0.1, -0.05) is 20.3 Å². The van der Waals surface area contributed by atoms with Gasteiger partial charge in [-0.15, -0.1) is 0 Å². The molecule has 2 saturated heterocycles. The van der Waals surface area contributed by atoms with E-state index in [0.29, 0.717) is 6.04 Å². The van der Waals surface area contributed by atoms with E-state index >= 15 is 0 Å². The molecule has 18 heavy (non-hydrogen) atoms. The van der Waals surface area contributed by atoms with Crippen molar-refractivity contribution >= 4 is 0 Å². The normalized spacial score (nSPS) is 31.5. The van der Waals surface area contributed by atoms with E-state index in [1.54, 1.807) is 0 Å². The van der Waals surface area contributed by atoms with Crippen molar-refractivity contribution in [3.8, 4) is 0 Å². The summed E-state index contributed by atoms with van der Waals surface area (Å²) in [5.74, 6) is 0. The minimum atomic E-state index is 0.632. The van der Waals surface area contributed by atoms with E-state index in [4.69, 9.17) is 4.74 Å². The Balaban J connectivity index is 2.02. The lowest BCUT2D eigenvalue weighted by molar-refractivity contribution is -0.0105. The molecule has 0 radical (unpaired) electrons. The van der Waals surface area contributed by atoms with Gasteiger partial charge in [-0.25, -0.2) is 0 Å². The van der Waals surface area contributed by atoms with E-state index in [2.05, 4.69) is 23.6 Å². The first-order chi connectivity index (χ1) is 8.80. The van der Waals surface area contributed by atoms with Crippen molar-refractivity contribution in [2.45, 2.75) is 64.1 Å². The summed E-state index contributed by atoms with van der Waals surface area (Å²) in [6.07, 6.45) is 6.61. The lowest BCUT2D eigenvalue weighted by Gasteiger charge is -2.47. The zero-order valence-electron chi connectivity index (χ0n) is 12.4. The molecule has 3 heteroatoms. The number of ether oxygens (including phenoxy) is 1. The Bertz CT molecular complexity index is 241. The van der Waals surface area contributed by atoms with Crippen LogP contribution >= 0.6 is 0 Å². The van der Waals surface area contributed by atoms with Crippen LogP contribution in [-0.4, -0.2) is 61.3 Å². The van der Waals surface area contributed by atoms with E-state index in [1.807, 2.05) is 7.11 Å². The Kier molecular flexibility index (Phi) is 5.46. The summed E-state index contributed by atoms with van der Waals surface area (Å²) in [5.41, 5.74) is 0. The van der Waals surface area contributed by atoms with Crippen LogP contribution < -0.4 is 0 Å². The average Bonchev–Trinajstić information content (AvgIpc) is 2.84. The van der Waals surface area contributed by atoms with Gasteiger partial charge in [0.15, 0.2) is 0 Å². The van der Waals surface area contributed by atoms with Gasteiger partial charge in [0.2, 0.25) is 0 Å². The molecule has 2 aliphatic heterocycles. The molecule has 0 aromatic rings. The Labute approximate surface area is 112 Å². The highest BCUT2D eigenvalue weighted by Gasteiger charge is 2.37. The summed E-state index contributed by atoms with van der Waals surface area (Å²) in [4.78, 5) is 5.49. The van der Waals surface area contributed by atoms with E-state index < -0.39 is 0 Å². The van der Waals surface area contributed by atoms with E-state index in [0.717, 1.165) is 18.7 Å². The van der Waals surface area contributed by atoms with Crippen molar-refractivity contribution in [1.82, 2.24) is 9.80 Å². The highest BCUT2D eigenvalue weighted by Crippen LogP contribution is 2.28. The molecule has 3 atom stereocenters. The summed E-state index contributed by atoms with van der Waals surface area (Å²) in [6, 6.07) is 2.20. The van der Waals surface area contributed by atoms with Crippen molar-refractivity contribution in [2.75, 3.05) is 33.4 Å². The predicted octanol–water partition coefficient (Wildman–Crippen LogP) is 2.36. The molecule has 0 spiro atoms. The maximum Gasteiger partial charge on any atom is 0.0618 e. The van der Waals surface area contributed by atoms with Crippen molar-refractivity contribution in [2.24, 2.45) is 0 Å². The van der Waals surface area contributed by atoms with Gasteiger partial charge in [-0.05, 0) is 32.2 Å². The van der Waals surface area contributed by atoms with E-state index in [-0.39, 0.29) is 0 Å². The third-order valence-electron chi connectivity index (χ3n) is 4.76. The van der Waals surface area contributed by atoms with Crippen LogP contribution in [0.2, 0.25) is 0 Å². The first kappa shape index (κ1) is 14.3. The maximum absolute atomic E-state index is 5.46. The first-order valence-corrected chi connectivity index (χ1v) is 7.78. The number of fused-ring (bicyclic) bond motifs is 1. The standard InChI is InChI=1S/C15H30N2O/c1-4-7-15(12-18-3)17-11-14-8-6-9-16(14)10-13(17)5-2/h13-15H,4-12H2,1-3H3. The van der Waals surface area contributed by atoms with Gasteiger partial charge in [0.25, 0.3) is 0 Å². The third-order valence-corrected chi connectivity index (χ3v) is 4.76. The van der Waals surface area contributed by atoms with Gasteiger partial charge in [-0.2, -0.15) is 0 Å². The number of piperazine rings is 1. The van der Waals surface area contributed by atoms with Gasteiger partial charge in [-0.3, -0.25) is 9.80 Å². The monoisotopic (exact) mass is 254 g/mol. The molecule has 2 rings (SSSR count). The first-order valence-electron chi connectivity index (χ1n) is 7.78. The smallest absolute Gasteiger partial charge is 0.0618 e. The quantitative estimate of drug-likeness (QED) is 0.724. The second-order valence-electron chi connectivity index (χ2n) is 5.95. The summed E-state index contributed by atoms with van der Waals surface area (Å²) < 4.78 is 5.46. The summed E-state index contributed by atoms with van der Waals surface area (Å²) in [6.45, 7) is 9.41. The van der Waals surface area contributed by atoms with Crippen LogP contribution in [0.15, 0.2) is 0 Å². The number of hydrogen-bond donors (Lipinski definition) is 0. The second kappa shape index (κ2) is 6.88. The Morgan fingerprint density at radius 1 is 1.28 bits per heavy atom. The summed E-state index contributed by atoms with van der Waals surface area (Å²) in [7, 11) is 1.84. The number of rotatable bonds is 6. The van der Waals surface area contributed by atoms with Gasteiger partial charge < -0.3 is 4.74 Å². The van der Waals surface area contributed by atoms with Gasteiger partial charge in [0.05, 0.1) is 6.61 Å². The van der Waals surface area contributed by atoms with Crippen LogP contribution in [0.4, 0.5) is 0 Å². The molecule has 0 N–H and O–H groups in total. The summed E-state index contributed by atoms with van der Waals surface area (Å²) >= 11 is 0. The summed E-state index contributed by atoms with van der Waals surface area (Å²) in [5, 5.41) is 0. The highest BCUT2D eigenvalue weighted by molar-refractivity contribution is 4.94. The van der Waals surface area contributed by atoms with Crippen LogP contribution in [0.5, 0.6) is 0 Å². The fourth-order valence-corrected chi connectivity index (χ4v) is 3.79. The molecule has 2 aliphatic rings. The molecule has 0 bridgehead atoms. The maximum atomic E-state index is 5.46. The van der Waals surface area contributed by atoms with E-state index in [1.165, 1.54) is 51.7 Å². The molecule has 3 unspecified atom stereocenters. The topological polar surface area (TPSA) is 15.7 Å². The van der Waals surface area contributed by atoms with Crippen LogP contribution in [0.25, 0.3) is 0 Å². The molecule has 0 aromatic heterocycles. The van der Waals surface area contributed by atoms with Crippen molar-refractivity contribution in [3.63, 3.8) is 0 Å². The molecule has 0 saturated carbocycles. The van der Waals surface area contributed by atoms with Crippen LogP contribution in [0.1, 0.15) is 46.0 Å². The third kappa shape index (κ3) is 3.06.